The van der Waals surface area contributed by atoms with Gasteiger partial charge in [-0.25, -0.2) is 0 Å². The third kappa shape index (κ3) is 2.11. The summed E-state index contributed by atoms with van der Waals surface area (Å²) >= 11 is 0. The summed E-state index contributed by atoms with van der Waals surface area (Å²) in [5.74, 6) is -0.859. The maximum atomic E-state index is 12.6. The molecule has 3 unspecified atom stereocenters. The number of hydrogen-bond donors (Lipinski definition) is 0. The van der Waals surface area contributed by atoms with Crippen molar-refractivity contribution in [1.82, 2.24) is 4.90 Å². The average molecular weight is 303 g/mol. The maximum absolute atomic E-state index is 12.6. The van der Waals surface area contributed by atoms with Crippen molar-refractivity contribution in [2.45, 2.75) is 32.0 Å². The van der Waals surface area contributed by atoms with Gasteiger partial charge in [0.2, 0.25) is 5.91 Å². The Bertz CT molecular complexity index is 588. The Morgan fingerprint density at radius 1 is 1.36 bits per heavy atom. The standard InChI is InChI=1S/C17H21NO4/c1-11-9-14(19)18-13(12-7-5-4-6-8-12)10-22-17(18,2)15(11)16(20)21-3/h4-8,11,13,15H,9-10H2,1-3H3/t11?,13-,15?,17?/m1/s1. The molecule has 2 aliphatic heterocycles. The van der Waals surface area contributed by atoms with Crippen LogP contribution in [-0.4, -0.2) is 36.2 Å². The Balaban J connectivity index is 2.00. The molecule has 0 radical (unpaired) electrons. The van der Waals surface area contributed by atoms with E-state index in [1.165, 1.54) is 7.11 Å². The highest BCUT2D eigenvalue weighted by molar-refractivity contribution is 5.84. The van der Waals surface area contributed by atoms with E-state index >= 15 is 0 Å². The molecule has 0 aromatic heterocycles. The molecule has 3 rings (SSSR count). The van der Waals surface area contributed by atoms with Gasteiger partial charge in [-0.05, 0) is 18.4 Å². The molecule has 2 fully saturated rings. The Hall–Kier alpha value is -1.88. The molecule has 2 aliphatic rings. The van der Waals surface area contributed by atoms with Gasteiger partial charge in [-0.15, -0.1) is 0 Å². The summed E-state index contributed by atoms with van der Waals surface area (Å²) in [5, 5.41) is 0. The molecular weight excluding hydrogens is 282 g/mol. The summed E-state index contributed by atoms with van der Waals surface area (Å²) in [6.45, 7) is 4.12. The highest BCUT2D eigenvalue weighted by Gasteiger charge is 2.59. The van der Waals surface area contributed by atoms with Gasteiger partial charge in [0.05, 0.1) is 19.8 Å². The van der Waals surface area contributed by atoms with Crippen LogP contribution in [0.25, 0.3) is 0 Å². The lowest BCUT2D eigenvalue weighted by atomic mass is 9.78. The van der Waals surface area contributed by atoms with Gasteiger partial charge in [0.25, 0.3) is 0 Å². The van der Waals surface area contributed by atoms with Crippen LogP contribution in [0.4, 0.5) is 0 Å². The van der Waals surface area contributed by atoms with Crippen molar-refractivity contribution in [1.29, 1.82) is 0 Å². The van der Waals surface area contributed by atoms with Crippen LogP contribution in [0.3, 0.4) is 0 Å². The van der Waals surface area contributed by atoms with Crippen molar-refractivity contribution < 1.29 is 19.1 Å². The number of rotatable bonds is 2. The average Bonchev–Trinajstić information content (AvgIpc) is 2.86. The highest BCUT2D eigenvalue weighted by atomic mass is 16.5. The van der Waals surface area contributed by atoms with E-state index in [1.54, 1.807) is 4.90 Å². The second-order valence-electron chi connectivity index (χ2n) is 6.24. The van der Waals surface area contributed by atoms with Gasteiger partial charge < -0.3 is 14.4 Å². The van der Waals surface area contributed by atoms with Crippen LogP contribution >= 0.6 is 0 Å². The Labute approximate surface area is 130 Å². The molecule has 0 N–H and O–H groups in total. The van der Waals surface area contributed by atoms with Crippen LogP contribution in [0.2, 0.25) is 0 Å². The number of ether oxygens (including phenoxy) is 2. The van der Waals surface area contributed by atoms with Gasteiger partial charge in [0.1, 0.15) is 5.92 Å². The van der Waals surface area contributed by atoms with Crippen molar-refractivity contribution in [3.8, 4) is 0 Å². The molecule has 118 valence electrons. The molecule has 0 spiro atoms. The van der Waals surface area contributed by atoms with E-state index in [-0.39, 0.29) is 23.8 Å². The second kappa shape index (κ2) is 5.39. The van der Waals surface area contributed by atoms with Crippen LogP contribution in [-0.2, 0) is 19.1 Å². The lowest BCUT2D eigenvalue weighted by Gasteiger charge is -2.47. The van der Waals surface area contributed by atoms with Gasteiger partial charge in [-0.1, -0.05) is 37.3 Å². The quantitative estimate of drug-likeness (QED) is 0.785. The van der Waals surface area contributed by atoms with Crippen LogP contribution in [0, 0.1) is 11.8 Å². The molecule has 0 saturated carbocycles. The number of amides is 1. The first-order valence-corrected chi connectivity index (χ1v) is 7.58. The monoisotopic (exact) mass is 303 g/mol. The maximum Gasteiger partial charge on any atom is 0.313 e. The molecule has 0 bridgehead atoms. The summed E-state index contributed by atoms with van der Waals surface area (Å²) in [6.07, 6.45) is 0.335. The molecule has 4 atom stereocenters. The fourth-order valence-corrected chi connectivity index (χ4v) is 3.88. The predicted octanol–water partition coefficient (Wildman–Crippen LogP) is 2.13. The van der Waals surface area contributed by atoms with Crippen molar-refractivity contribution >= 4 is 11.9 Å². The van der Waals surface area contributed by atoms with E-state index in [0.29, 0.717) is 13.0 Å². The number of hydrogen-bond acceptors (Lipinski definition) is 4. The number of benzene rings is 1. The highest BCUT2D eigenvalue weighted by Crippen LogP contribution is 2.48. The molecule has 2 saturated heterocycles. The number of carbonyl (C=O) groups is 2. The van der Waals surface area contributed by atoms with Crippen LogP contribution in [0.5, 0.6) is 0 Å². The van der Waals surface area contributed by atoms with Crippen molar-refractivity contribution in [2.24, 2.45) is 11.8 Å². The molecule has 5 nitrogen and oxygen atoms in total. The fourth-order valence-electron chi connectivity index (χ4n) is 3.88. The van der Waals surface area contributed by atoms with E-state index in [9.17, 15) is 9.59 Å². The lowest BCUT2D eigenvalue weighted by molar-refractivity contribution is -0.192. The van der Waals surface area contributed by atoms with Gasteiger partial charge in [-0.3, -0.25) is 9.59 Å². The second-order valence-corrected chi connectivity index (χ2v) is 6.24. The van der Waals surface area contributed by atoms with Crippen molar-refractivity contribution in [2.75, 3.05) is 13.7 Å². The summed E-state index contributed by atoms with van der Waals surface area (Å²) in [4.78, 5) is 26.6. The molecule has 1 aromatic rings. The molecule has 1 amide bonds. The summed E-state index contributed by atoms with van der Waals surface area (Å²) in [7, 11) is 1.38. The minimum absolute atomic E-state index is 0.0292. The van der Waals surface area contributed by atoms with E-state index < -0.39 is 11.6 Å². The number of esters is 1. The number of carbonyl (C=O) groups excluding carboxylic acids is 2. The Morgan fingerprint density at radius 2 is 2.05 bits per heavy atom. The molecule has 1 aromatic carbocycles. The van der Waals surface area contributed by atoms with E-state index in [1.807, 2.05) is 44.2 Å². The van der Waals surface area contributed by atoms with Crippen molar-refractivity contribution in [3.05, 3.63) is 35.9 Å². The lowest BCUT2D eigenvalue weighted by Crippen LogP contribution is -2.60. The zero-order chi connectivity index (χ0) is 15.9. The minimum atomic E-state index is -0.942. The molecular formula is C17H21NO4. The van der Waals surface area contributed by atoms with E-state index in [2.05, 4.69) is 0 Å². The topological polar surface area (TPSA) is 55.8 Å². The van der Waals surface area contributed by atoms with Gasteiger partial charge in [0.15, 0.2) is 5.72 Å². The first kappa shape index (κ1) is 15.0. The Morgan fingerprint density at radius 3 is 2.68 bits per heavy atom. The summed E-state index contributed by atoms with van der Waals surface area (Å²) in [5.41, 5.74) is 0.0836. The Kier molecular flexibility index (Phi) is 3.68. The number of fused-ring (bicyclic) bond motifs is 1. The molecule has 22 heavy (non-hydrogen) atoms. The zero-order valence-corrected chi connectivity index (χ0v) is 13.1. The van der Waals surface area contributed by atoms with E-state index in [4.69, 9.17) is 9.47 Å². The van der Waals surface area contributed by atoms with Gasteiger partial charge >= 0.3 is 5.97 Å². The largest absolute Gasteiger partial charge is 0.469 e. The third-order valence-corrected chi connectivity index (χ3v) is 4.87. The van der Waals surface area contributed by atoms with Crippen LogP contribution < -0.4 is 0 Å². The van der Waals surface area contributed by atoms with Crippen molar-refractivity contribution in [3.63, 3.8) is 0 Å². The van der Waals surface area contributed by atoms with E-state index in [0.717, 1.165) is 5.56 Å². The first-order chi connectivity index (χ1) is 10.5. The van der Waals surface area contributed by atoms with Gasteiger partial charge in [0, 0.05) is 6.42 Å². The normalized spacial score (nSPS) is 34.4. The summed E-state index contributed by atoms with van der Waals surface area (Å²) in [6, 6.07) is 9.64. The third-order valence-electron chi connectivity index (χ3n) is 4.87. The molecule has 0 aliphatic carbocycles. The van der Waals surface area contributed by atoms with Crippen LogP contribution in [0.1, 0.15) is 31.9 Å². The number of piperidine rings is 1. The number of methoxy groups -OCH3 is 1. The smallest absolute Gasteiger partial charge is 0.313 e. The molecule has 5 heteroatoms. The summed E-state index contributed by atoms with van der Waals surface area (Å²) < 4.78 is 10.9. The first-order valence-electron chi connectivity index (χ1n) is 7.58. The zero-order valence-electron chi connectivity index (χ0n) is 13.1. The fraction of sp³-hybridized carbons (Fsp3) is 0.529. The predicted molar refractivity (Wildman–Crippen MR) is 79.7 cm³/mol. The SMILES string of the molecule is COC(=O)C1C(C)CC(=O)N2[C@@H](c3ccccc3)COC12C. The van der Waals surface area contributed by atoms with Gasteiger partial charge in [-0.2, -0.15) is 0 Å². The van der Waals surface area contributed by atoms with Crippen LogP contribution in [0.15, 0.2) is 30.3 Å². The molecule has 2 heterocycles. The number of nitrogens with zero attached hydrogens (tertiary/aromatic N) is 1. The minimum Gasteiger partial charge on any atom is -0.469 e.